The highest BCUT2D eigenvalue weighted by Gasteiger charge is 2.06. The van der Waals surface area contributed by atoms with Crippen LogP contribution in [0.5, 0.6) is 0 Å². The van der Waals surface area contributed by atoms with E-state index in [1.807, 2.05) is 22.7 Å². The summed E-state index contributed by atoms with van der Waals surface area (Å²) in [6.07, 6.45) is 11.6. The Kier molecular flexibility index (Phi) is 3.86. The number of carbonyl (C=O) groups is 1. The van der Waals surface area contributed by atoms with Gasteiger partial charge >= 0.3 is 0 Å². The summed E-state index contributed by atoms with van der Waals surface area (Å²) in [6, 6.07) is 3.84. The second-order valence-electron chi connectivity index (χ2n) is 4.69. The van der Waals surface area contributed by atoms with Crippen LogP contribution in [0, 0.1) is 0 Å². The standard InChI is InChI=1S/C15H15N5O/c21-15(4-3-12-2-1-5-16-8-12)19-10-13-9-18-14-11-17-6-7-20(13)14/h1-2,5-9,11H,3-4,10H2,(H,19,21). The largest absolute Gasteiger partial charge is 0.350 e. The van der Waals surface area contributed by atoms with Crippen molar-refractivity contribution < 1.29 is 4.79 Å². The number of carbonyl (C=O) groups excluding carboxylic acids is 1. The van der Waals surface area contributed by atoms with Crippen molar-refractivity contribution in [3.8, 4) is 0 Å². The van der Waals surface area contributed by atoms with Gasteiger partial charge in [-0.2, -0.15) is 0 Å². The highest BCUT2D eigenvalue weighted by atomic mass is 16.1. The first kappa shape index (κ1) is 13.2. The molecule has 0 saturated heterocycles. The summed E-state index contributed by atoms with van der Waals surface area (Å²) in [7, 11) is 0. The van der Waals surface area contributed by atoms with Gasteiger partial charge in [-0.25, -0.2) is 4.98 Å². The maximum atomic E-state index is 11.9. The summed E-state index contributed by atoms with van der Waals surface area (Å²) in [5.41, 5.74) is 2.77. The van der Waals surface area contributed by atoms with Crippen LogP contribution in [0.15, 0.2) is 49.3 Å². The minimum absolute atomic E-state index is 0.0165. The van der Waals surface area contributed by atoms with Gasteiger partial charge in [0.1, 0.15) is 0 Å². The number of aryl methyl sites for hydroxylation is 1. The maximum absolute atomic E-state index is 11.9. The molecule has 0 aliphatic carbocycles. The van der Waals surface area contributed by atoms with Crippen LogP contribution in [-0.2, 0) is 17.8 Å². The van der Waals surface area contributed by atoms with Crippen LogP contribution in [0.1, 0.15) is 17.7 Å². The lowest BCUT2D eigenvalue weighted by molar-refractivity contribution is -0.121. The van der Waals surface area contributed by atoms with E-state index in [0.29, 0.717) is 19.4 Å². The Morgan fingerprint density at radius 2 is 2.10 bits per heavy atom. The predicted octanol–water partition coefficient (Wildman–Crippen LogP) is 1.37. The van der Waals surface area contributed by atoms with Gasteiger partial charge in [-0.15, -0.1) is 0 Å². The zero-order chi connectivity index (χ0) is 14.5. The number of aromatic nitrogens is 4. The minimum Gasteiger partial charge on any atom is -0.350 e. The number of fused-ring (bicyclic) bond motifs is 1. The molecular formula is C15H15N5O. The molecule has 6 heteroatoms. The molecule has 0 saturated carbocycles. The van der Waals surface area contributed by atoms with Gasteiger partial charge in [0.15, 0.2) is 5.65 Å². The van der Waals surface area contributed by atoms with Crippen LogP contribution >= 0.6 is 0 Å². The summed E-state index contributed by atoms with van der Waals surface area (Å²) in [5.74, 6) is 0.0165. The van der Waals surface area contributed by atoms with E-state index in [0.717, 1.165) is 16.9 Å². The van der Waals surface area contributed by atoms with E-state index >= 15 is 0 Å². The summed E-state index contributed by atoms with van der Waals surface area (Å²) in [5, 5.41) is 2.91. The molecule has 3 heterocycles. The fourth-order valence-corrected chi connectivity index (χ4v) is 2.11. The molecular weight excluding hydrogens is 266 g/mol. The van der Waals surface area contributed by atoms with Crippen molar-refractivity contribution in [1.29, 1.82) is 0 Å². The molecule has 3 aromatic heterocycles. The zero-order valence-electron chi connectivity index (χ0n) is 11.4. The lowest BCUT2D eigenvalue weighted by atomic mass is 10.1. The number of pyridine rings is 1. The van der Waals surface area contributed by atoms with Crippen molar-refractivity contribution in [3.05, 3.63) is 60.6 Å². The second-order valence-corrected chi connectivity index (χ2v) is 4.69. The SMILES string of the molecule is O=C(CCc1cccnc1)NCc1cnc2cnccn12. The third kappa shape index (κ3) is 3.22. The molecule has 0 atom stereocenters. The van der Waals surface area contributed by atoms with Crippen LogP contribution in [-0.4, -0.2) is 25.3 Å². The molecule has 0 aliphatic heterocycles. The van der Waals surface area contributed by atoms with Crippen molar-refractivity contribution in [2.75, 3.05) is 0 Å². The van der Waals surface area contributed by atoms with Crippen LogP contribution in [0.25, 0.3) is 5.65 Å². The Balaban J connectivity index is 1.54. The van der Waals surface area contributed by atoms with Gasteiger partial charge < -0.3 is 5.32 Å². The van der Waals surface area contributed by atoms with Gasteiger partial charge in [0.05, 0.1) is 24.6 Å². The van der Waals surface area contributed by atoms with Crippen molar-refractivity contribution >= 4 is 11.6 Å². The van der Waals surface area contributed by atoms with Crippen molar-refractivity contribution in [3.63, 3.8) is 0 Å². The first-order chi connectivity index (χ1) is 10.3. The summed E-state index contributed by atoms with van der Waals surface area (Å²) >= 11 is 0. The molecule has 106 valence electrons. The number of nitrogens with one attached hydrogen (secondary N) is 1. The third-order valence-electron chi connectivity index (χ3n) is 3.22. The molecule has 3 aromatic rings. The Hall–Kier alpha value is -2.76. The molecule has 0 fully saturated rings. The smallest absolute Gasteiger partial charge is 0.220 e. The van der Waals surface area contributed by atoms with E-state index in [9.17, 15) is 4.79 Å². The van der Waals surface area contributed by atoms with Crippen LogP contribution in [0.2, 0.25) is 0 Å². The maximum Gasteiger partial charge on any atom is 0.220 e. The van der Waals surface area contributed by atoms with Gasteiger partial charge in [-0.3, -0.25) is 19.2 Å². The Morgan fingerprint density at radius 3 is 2.95 bits per heavy atom. The number of hydrogen-bond acceptors (Lipinski definition) is 4. The molecule has 6 nitrogen and oxygen atoms in total. The molecule has 3 rings (SSSR count). The molecule has 0 unspecified atom stereocenters. The zero-order valence-corrected chi connectivity index (χ0v) is 11.4. The number of hydrogen-bond donors (Lipinski definition) is 1. The van der Waals surface area contributed by atoms with E-state index in [1.54, 1.807) is 31.0 Å². The average Bonchev–Trinajstić information content (AvgIpc) is 2.95. The molecule has 0 aromatic carbocycles. The van der Waals surface area contributed by atoms with Gasteiger partial charge in [-0.05, 0) is 18.1 Å². The van der Waals surface area contributed by atoms with Gasteiger partial charge in [0.25, 0.3) is 0 Å². The van der Waals surface area contributed by atoms with Gasteiger partial charge in [0.2, 0.25) is 5.91 Å². The molecule has 0 bridgehead atoms. The van der Waals surface area contributed by atoms with Gasteiger partial charge in [-0.1, -0.05) is 6.07 Å². The monoisotopic (exact) mass is 281 g/mol. The second kappa shape index (κ2) is 6.13. The lowest BCUT2D eigenvalue weighted by Gasteiger charge is -2.05. The Labute approximate surface area is 121 Å². The summed E-state index contributed by atoms with van der Waals surface area (Å²) in [4.78, 5) is 24.1. The van der Waals surface area contributed by atoms with Crippen molar-refractivity contribution in [1.82, 2.24) is 24.7 Å². The molecule has 0 radical (unpaired) electrons. The highest BCUT2D eigenvalue weighted by molar-refractivity contribution is 5.76. The average molecular weight is 281 g/mol. The number of nitrogens with zero attached hydrogens (tertiary/aromatic N) is 4. The molecule has 21 heavy (non-hydrogen) atoms. The van der Waals surface area contributed by atoms with Gasteiger partial charge in [0, 0.05) is 31.2 Å². The van der Waals surface area contributed by atoms with Crippen LogP contribution < -0.4 is 5.32 Å². The van der Waals surface area contributed by atoms with Crippen molar-refractivity contribution in [2.45, 2.75) is 19.4 Å². The topological polar surface area (TPSA) is 72.2 Å². The number of amides is 1. The Morgan fingerprint density at radius 1 is 1.19 bits per heavy atom. The Bertz CT molecular complexity index is 738. The van der Waals surface area contributed by atoms with E-state index < -0.39 is 0 Å². The normalized spacial score (nSPS) is 10.7. The molecule has 1 amide bonds. The number of rotatable bonds is 5. The fraction of sp³-hybridized carbons (Fsp3) is 0.200. The first-order valence-corrected chi connectivity index (χ1v) is 6.74. The third-order valence-corrected chi connectivity index (χ3v) is 3.22. The van der Waals surface area contributed by atoms with E-state index in [-0.39, 0.29) is 5.91 Å². The molecule has 0 aliphatic rings. The lowest BCUT2D eigenvalue weighted by Crippen LogP contribution is -2.23. The van der Waals surface area contributed by atoms with E-state index in [2.05, 4.69) is 20.3 Å². The summed E-state index contributed by atoms with van der Waals surface area (Å²) in [6.45, 7) is 0.455. The fourth-order valence-electron chi connectivity index (χ4n) is 2.11. The van der Waals surface area contributed by atoms with E-state index in [1.165, 1.54) is 0 Å². The molecule has 1 N–H and O–H groups in total. The minimum atomic E-state index is 0.0165. The molecule has 0 spiro atoms. The van der Waals surface area contributed by atoms with E-state index in [4.69, 9.17) is 0 Å². The summed E-state index contributed by atoms with van der Waals surface area (Å²) < 4.78 is 1.91. The first-order valence-electron chi connectivity index (χ1n) is 6.74. The quantitative estimate of drug-likeness (QED) is 0.766. The number of imidazole rings is 1. The van der Waals surface area contributed by atoms with Crippen molar-refractivity contribution in [2.24, 2.45) is 0 Å². The highest BCUT2D eigenvalue weighted by Crippen LogP contribution is 2.05. The van der Waals surface area contributed by atoms with Crippen LogP contribution in [0.3, 0.4) is 0 Å². The predicted molar refractivity (Wildman–Crippen MR) is 77.4 cm³/mol. The van der Waals surface area contributed by atoms with Crippen LogP contribution in [0.4, 0.5) is 0 Å².